The third kappa shape index (κ3) is 2.51. The van der Waals surface area contributed by atoms with Crippen molar-refractivity contribution in [3.8, 4) is 27.8 Å². The van der Waals surface area contributed by atoms with Gasteiger partial charge in [-0.25, -0.2) is 0 Å². The molecule has 0 aliphatic heterocycles. The summed E-state index contributed by atoms with van der Waals surface area (Å²) in [5, 5.41) is 11.2. The van der Waals surface area contributed by atoms with Crippen LogP contribution in [0.3, 0.4) is 0 Å². The van der Waals surface area contributed by atoms with Crippen molar-refractivity contribution < 1.29 is 0 Å². The fourth-order valence-corrected chi connectivity index (χ4v) is 3.01. The van der Waals surface area contributed by atoms with Gasteiger partial charge in [0.05, 0.1) is 0 Å². The van der Waals surface area contributed by atoms with Crippen molar-refractivity contribution in [2.24, 2.45) is 0 Å². The zero-order chi connectivity index (χ0) is 14.8. The molecule has 0 amide bonds. The minimum atomic E-state index is -0.347. The molecule has 0 aliphatic rings. The first kappa shape index (κ1) is 13.3. The molecule has 0 radical (unpaired) electrons. The highest BCUT2D eigenvalue weighted by Crippen LogP contribution is 2.29. The largest absolute Gasteiger partial charge is 0.321 e. The number of hydrogen-bond acceptors (Lipinski definition) is 3. The number of hydrogen-bond donors (Lipinski definition) is 1. The lowest BCUT2D eigenvalue weighted by Gasteiger charge is -2.07. The maximum atomic E-state index is 12.2. The number of pyridine rings is 1. The summed E-state index contributed by atoms with van der Waals surface area (Å²) in [6.45, 7) is 2.01. The van der Waals surface area contributed by atoms with Crippen molar-refractivity contribution in [2.45, 2.75) is 6.92 Å². The number of rotatable bonds is 2. The Morgan fingerprint density at radius 1 is 1.19 bits per heavy atom. The van der Waals surface area contributed by atoms with E-state index in [-0.39, 0.29) is 11.1 Å². The normalized spacial score (nSPS) is 10.3. The molecule has 21 heavy (non-hydrogen) atoms. The van der Waals surface area contributed by atoms with E-state index in [1.54, 1.807) is 0 Å². The molecule has 1 aromatic carbocycles. The third-order valence-corrected chi connectivity index (χ3v) is 4.16. The first-order chi connectivity index (χ1) is 10.2. The molecular formula is C17H12N2OS. The molecule has 0 bridgehead atoms. The van der Waals surface area contributed by atoms with Gasteiger partial charge in [0.1, 0.15) is 11.6 Å². The second-order valence-electron chi connectivity index (χ2n) is 4.76. The standard InChI is InChI=1S/C17H12N2OS/c1-11-4-2-5-12(8-11)15-9-13(16-6-3-7-21-16)14(10-18)17(20)19-15/h2-9H,1H3,(H,19,20). The molecular weight excluding hydrogens is 280 g/mol. The number of thiophene rings is 1. The van der Waals surface area contributed by atoms with Crippen molar-refractivity contribution in [2.75, 3.05) is 0 Å². The van der Waals surface area contributed by atoms with Gasteiger partial charge in [-0.3, -0.25) is 4.79 Å². The summed E-state index contributed by atoms with van der Waals surface area (Å²) >= 11 is 1.52. The van der Waals surface area contributed by atoms with E-state index in [0.717, 1.165) is 21.7 Å². The van der Waals surface area contributed by atoms with Crippen LogP contribution in [0.15, 0.2) is 52.6 Å². The summed E-state index contributed by atoms with van der Waals surface area (Å²) in [6.07, 6.45) is 0. The second kappa shape index (κ2) is 5.39. The third-order valence-electron chi connectivity index (χ3n) is 3.26. The van der Waals surface area contributed by atoms with Crippen LogP contribution in [0, 0.1) is 18.3 Å². The Hall–Kier alpha value is -2.64. The summed E-state index contributed by atoms with van der Waals surface area (Å²) in [4.78, 5) is 15.9. The van der Waals surface area contributed by atoms with Crippen LogP contribution in [0.2, 0.25) is 0 Å². The predicted octanol–water partition coefficient (Wildman–Crippen LogP) is 3.95. The van der Waals surface area contributed by atoms with E-state index < -0.39 is 0 Å². The minimum Gasteiger partial charge on any atom is -0.321 e. The SMILES string of the molecule is Cc1cccc(-c2cc(-c3cccs3)c(C#N)c(=O)[nH]2)c1. The Morgan fingerprint density at radius 3 is 2.71 bits per heavy atom. The molecule has 2 aromatic heterocycles. The monoisotopic (exact) mass is 292 g/mol. The van der Waals surface area contributed by atoms with Crippen LogP contribution in [0.5, 0.6) is 0 Å². The van der Waals surface area contributed by atoms with Gasteiger partial charge in [-0.05, 0) is 36.1 Å². The maximum absolute atomic E-state index is 12.2. The van der Waals surface area contributed by atoms with E-state index in [9.17, 15) is 10.1 Å². The van der Waals surface area contributed by atoms with Crippen LogP contribution in [-0.4, -0.2) is 4.98 Å². The van der Waals surface area contributed by atoms with Gasteiger partial charge in [-0.15, -0.1) is 11.3 Å². The molecule has 0 unspecified atom stereocenters. The maximum Gasteiger partial charge on any atom is 0.267 e. The number of H-pyrrole nitrogens is 1. The first-order valence-corrected chi connectivity index (χ1v) is 7.35. The Morgan fingerprint density at radius 2 is 2.05 bits per heavy atom. The number of nitrogens with one attached hydrogen (secondary N) is 1. The summed E-state index contributed by atoms with van der Waals surface area (Å²) in [5.41, 5.74) is 3.29. The summed E-state index contributed by atoms with van der Waals surface area (Å²) in [7, 11) is 0. The quantitative estimate of drug-likeness (QED) is 0.777. The number of nitrogens with zero attached hydrogens (tertiary/aromatic N) is 1. The molecule has 0 fully saturated rings. The van der Waals surface area contributed by atoms with Gasteiger partial charge in [0.15, 0.2) is 0 Å². The number of benzene rings is 1. The lowest BCUT2D eigenvalue weighted by Crippen LogP contribution is -2.12. The second-order valence-corrected chi connectivity index (χ2v) is 5.71. The molecule has 0 saturated heterocycles. The molecule has 0 atom stereocenters. The van der Waals surface area contributed by atoms with Crippen molar-refractivity contribution in [1.82, 2.24) is 4.98 Å². The minimum absolute atomic E-state index is 0.161. The van der Waals surface area contributed by atoms with E-state index in [2.05, 4.69) is 4.98 Å². The van der Waals surface area contributed by atoms with E-state index in [4.69, 9.17) is 0 Å². The molecule has 3 nitrogen and oxygen atoms in total. The van der Waals surface area contributed by atoms with Crippen molar-refractivity contribution in [3.63, 3.8) is 0 Å². The molecule has 0 spiro atoms. The van der Waals surface area contributed by atoms with E-state index in [0.29, 0.717) is 5.56 Å². The molecule has 1 N–H and O–H groups in total. The zero-order valence-corrected chi connectivity index (χ0v) is 12.2. The Kier molecular flexibility index (Phi) is 3.43. The zero-order valence-electron chi connectivity index (χ0n) is 11.4. The molecule has 2 heterocycles. The van der Waals surface area contributed by atoms with Gasteiger partial charge >= 0.3 is 0 Å². The van der Waals surface area contributed by atoms with Crippen LogP contribution in [0.4, 0.5) is 0 Å². The molecule has 0 aliphatic carbocycles. The topological polar surface area (TPSA) is 56.6 Å². The molecule has 4 heteroatoms. The van der Waals surface area contributed by atoms with Crippen LogP contribution in [0.25, 0.3) is 21.7 Å². The fourth-order valence-electron chi connectivity index (χ4n) is 2.26. The van der Waals surface area contributed by atoms with Crippen LogP contribution in [0.1, 0.15) is 11.1 Å². The van der Waals surface area contributed by atoms with Crippen molar-refractivity contribution in [1.29, 1.82) is 5.26 Å². The summed E-state index contributed by atoms with van der Waals surface area (Å²) in [6, 6.07) is 15.6. The molecule has 102 valence electrons. The molecule has 3 aromatic rings. The number of aromatic nitrogens is 1. The van der Waals surface area contributed by atoms with E-state index >= 15 is 0 Å². The number of aromatic amines is 1. The van der Waals surface area contributed by atoms with Gasteiger partial charge in [-0.1, -0.05) is 29.8 Å². The van der Waals surface area contributed by atoms with Gasteiger partial charge < -0.3 is 4.98 Å². The summed E-state index contributed by atoms with van der Waals surface area (Å²) < 4.78 is 0. The van der Waals surface area contributed by atoms with E-state index in [1.165, 1.54) is 11.3 Å². The highest BCUT2D eigenvalue weighted by atomic mass is 32.1. The van der Waals surface area contributed by atoms with Crippen molar-refractivity contribution in [3.05, 3.63) is 69.3 Å². The number of aryl methyl sites for hydroxylation is 1. The van der Waals surface area contributed by atoms with E-state index in [1.807, 2.05) is 60.8 Å². The lowest BCUT2D eigenvalue weighted by atomic mass is 10.0. The lowest BCUT2D eigenvalue weighted by molar-refractivity contribution is 1.22. The average Bonchev–Trinajstić information content (AvgIpc) is 3.00. The smallest absolute Gasteiger partial charge is 0.267 e. The molecule has 3 rings (SSSR count). The Balaban J connectivity index is 2.26. The average molecular weight is 292 g/mol. The fraction of sp³-hybridized carbons (Fsp3) is 0.0588. The highest BCUT2D eigenvalue weighted by molar-refractivity contribution is 7.13. The van der Waals surface area contributed by atoms with Crippen LogP contribution < -0.4 is 5.56 Å². The summed E-state index contributed by atoms with van der Waals surface area (Å²) in [5.74, 6) is 0. The van der Waals surface area contributed by atoms with Crippen LogP contribution >= 0.6 is 11.3 Å². The van der Waals surface area contributed by atoms with Gasteiger partial charge in [0, 0.05) is 16.1 Å². The van der Waals surface area contributed by atoms with Crippen LogP contribution in [-0.2, 0) is 0 Å². The van der Waals surface area contributed by atoms with Gasteiger partial charge in [0.2, 0.25) is 0 Å². The Labute approximate surface area is 126 Å². The number of nitriles is 1. The van der Waals surface area contributed by atoms with Crippen molar-refractivity contribution >= 4 is 11.3 Å². The first-order valence-electron chi connectivity index (χ1n) is 6.47. The predicted molar refractivity (Wildman–Crippen MR) is 85.3 cm³/mol. The van der Waals surface area contributed by atoms with Gasteiger partial charge in [-0.2, -0.15) is 5.26 Å². The van der Waals surface area contributed by atoms with Gasteiger partial charge in [0.25, 0.3) is 5.56 Å². The molecule has 0 saturated carbocycles. The highest BCUT2D eigenvalue weighted by Gasteiger charge is 2.13. The Bertz CT molecular complexity index is 886.